The van der Waals surface area contributed by atoms with Crippen molar-refractivity contribution >= 4 is 0 Å². The second-order valence-corrected chi connectivity index (χ2v) is 6.30. The quantitative estimate of drug-likeness (QED) is 0.476. The molecule has 0 spiro atoms. The minimum absolute atomic E-state index is 0.169. The lowest BCUT2D eigenvalue weighted by Crippen LogP contribution is -2.49. The molecule has 128 valence electrons. The van der Waals surface area contributed by atoms with Gasteiger partial charge < -0.3 is 19.9 Å². The van der Waals surface area contributed by atoms with Gasteiger partial charge in [-0.2, -0.15) is 0 Å². The third-order valence-corrected chi connectivity index (χ3v) is 3.66. The standard InChI is InChI=1S/C16H36N2O3/c1-15(2)17-16(3,14-19)8-6-7-9-18(10-12-20-4)11-13-21-5/h15,17,19H,6-14H2,1-5H3. The maximum Gasteiger partial charge on any atom is 0.0610 e. The highest BCUT2D eigenvalue weighted by Crippen LogP contribution is 2.14. The van der Waals surface area contributed by atoms with E-state index in [4.69, 9.17) is 9.47 Å². The first-order valence-electron chi connectivity index (χ1n) is 8.06. The lowest BCUT2D eigenvalue weighted by Gasteiger charge is -2.31. The number of nitrogens with one attached hydrogen (secondary N) is 1. The van der Waals surface area contributed by atoms with Crippen molar-refractivity contribution in [3.63, 3.8) is 0 Å². The smallest absolute Gasteiger partial charge is 0.0610 e. The zero-order valence-corrected chi connectivity index (χ0v) is 14.7. The number of unbranched alkanes of at least 4 members (excludes halogenated alkanes) is 1. The predicted molar refractivity (Wildman–Crippen MR) is 87.8 cm³/mol. The van der Waals surface area contributed by atoms with Gasteiger partial charge in [-0.1, -0.05) is 20.3 Å². The van der Waals surface area contributed by atoms with E-state index in [1.807, 2.05) is 0 Å². The van der Waals surface area contributed by atoms with Gasteiger partial charge in [-0.25, -0.2) is 0 Å². The molecule has 0 aliphatic heterocycles. The predicted octanol–water partition coefficient (Wildman–Crippen LogP) is 1.50. The summed E-state index contributed by atoms with van der Waals surface area (Å²) in [5.74, 6) is 0. The molecule has 0 fully saturated rings. The summed E-state index contributed by atoms with van der Waals surface area (Å²) >= 11 is 0. The molecule has 0 aromatic carbocycles. The Morgan fingerprint density at radius 2 is 1.62 bits per heavy atom. The molecular formula is C16H36N2O3. The molecule has 0 radical (unpaired) electrons. The Hall–Kier alpha value is -0.200. The van der Waals surface area contributed by atoms with Crippen LogP contribution in [-0.2, 0) is 9.47 Å². The van der Waals surface area contributed by atoms with E-state index >= 15 is 0 Å². The molecule has 1 unspecified atom stereocenters. The number of hydrogen-bond donors (Lipinski definition) is 2. The third-order valence-electron chi connectivity index (χ3n) is 3.66. The number of nitrogens with zero attached hydrogens (tertiary/aromatic N) is 1. The van der Waals surface area contributed by atoms with Gasteiger partial charge in [-0.3, -0.25) is 4.90 Å². The van der Waals surface area contributed by atoms with Crippen molar-refractivity contribution in [1.29, 1.82) is 0 Å². The van der Waals surface area contributed by atoms with Crippen LogP contribution in [0.2, 0.25) is 0 Å². The highest BCUT2D eigenvalue weighted by molar-refractivity contribution is 4.83. The van der Waals surface area contributed by atoms with Crippen LogP contribution in [-0.4, -0.2) is 75.3 Å². The van der Waals surface area contributed by atoms with Gasteiger partial charge in [0.2, 0.25) is 0 Å². The van der Waals surface area contributed by atoms with Crippen LogP contribution in [0, 0.1) is 0 Å². The van der Waals surface area contributed by atoms with Gasteiger partial charge in [0.05, 0.1) is 19.8 Å². The fourth-order valence-electron chi connectivity index (χ4n) is 2.52. The van der Waals surface area contributed by atoms with E-state index in [2.05, 4.69) is 31.0 Å². The van der Waals surface area contributed by atoms with Crippen LogP contribution in [0.25, 0.3) is 0 Å². The number of hydrogen-bond acceptors (Lipinski definition) is 5. The van der Waals surface area contributed by atoms with Gasteiger partial charge in [-0.05, 0) is 26.3 Å². The topological polar surface area (TPSA) is 54.0 Å². The molecule has 0 saturated heterocycles. The second-order valence-electron chi connectivity index (χ2n) is 6.30. The Kier molecular flexibility index (Phi) is 12.2. The van der Waals surface area contributed by atoms with Crippen LogP contribution < -0.4 is 5.32 Å². The van der Waals surface area contributed by atoms with Crippen molar-refractivity contribution in [2.24, 2.45) is 0 Å². The summed E-state index contributed by atoms with van der Waals surface area (Å²) in [6.07, 6.45) is 3.22. The Morgan fingerprint density at radius 3 is 2.05 bits per heavy atom. The first kappa shape index (κ1) is 20.8. The maximum atomic E-state index is 9.57. The molecule has 0 aromatic heterocycles. The molecule has 5 heteroatoms. The molecule has 0 heterocycles. The highest BCUT2D eigenvalue weighted by atomic mass is 16.5. The fourth-order valence-corrected chi connectivity index (χ4v) is 2.52. The van der Waals surface area contributed by atoms with Gasteiger partial charge in [0, 0.05) is 38.9 Å². The molecule has 0 aromatic rings. The van der Waals surface area contributed by atoms with E-state index in [0.717, 1.165) is 52.1 Å². The van der Waals surface area contributed by atoms with E-state index < -0.39 is 0 Å². The maximum absolute atomic E-state index is 9.57. The molecule has 21 heavy (non-hydrogen) atoms. The summed E-state index contributed by atoms with van der Waals surface area (Å²) in [5, 5.41) is 13.0. The minimum Gasteiger partial charge on any atom is -0.394 e. The molecule has 0 bridgehead atoms. The van der Waals surface area contributed by atoms with Gasteiger partial charge >= 0.3 is 0 Å². The van der Waals surface area contributed by atoms with Crippen molar-refractivity contribution in [2.75, 3.05) is 53.7 Å². The molecule has 0 rings (SSSR count). The molecular weight excluding hydrogens is 268 g/mol. The zero-order chi connectivity index (χ0) is 16.1. The van der Waals surface area contributed by atoms with Gasteiger partial charge in [0.15, 0.2) is 0 Å². The van der Waals surface area contributed by atoms with Crippen LogP contribution >= 0.6 is 0 Å². The zero-order valence-electron chi connectivity index (χ0n) is 14.7. The minimum atomic E-state index is -0.169. The van der Waals surface area contributed by atoms with E-state index in [9.17, 15) is 5.11 Å². The van der Waals surface area contributed by atoms with Crippen LogP contribution in [0.1, 0.15) is 40.0 Å². The van der Waals surface area contributed by atoms with Gasteiger partial charge in [0.1, 0.15) is 0 Å². The summed E-state index contributed by atoms with van der Waals surface area (Å²) in [6, 6.07) is 0.391. The first-order valence-corrected chi connectivity index (χ1v) is 8.06. The summed E-state index contributed by atoms with van der Waals surface area (Å²) in [5.41, 5.74) is -0.169. The van der Waals surface area contributed by atoms with Gasteiger partial charge in [0.25, 0.3) is 0 Å². The van der Waals surface area contributed by atoms with E-state index in [1.165, 1.54) is 0 Å². The van der Waals surface area contributed by atoms with Crippen LogP contribution in [0.15, 0.2) is 0 Å². The van der Waals surface area contributed by atoms with Crippen molar-refractivity contribution in [2.45, 2.75) is 51.6 Å². The summed E-state index contributed by atoms with van der Waals surface area (Å²) in [6.45, 7) is 11.0. The first-order chi connectivity index (χ1) is 9.97. The molecule has 0 aliphatic rings. The average Bonchev–Trinajstić information content (AvgIpc) is 2.44. The van der Waals surface area contributed by atoms with Crippen LogP contribution in [0.4, 0.5) is 0 Å². The lowest BCUT2D eigenvalue weighted by atomic mass is 9.94. The summed E-state index contributed by atoms with van der Waals surface area (Å²) in [7, 11) is 3.47. The van der Waals surface area contributed by atoms with Crippen molar-refractivity contribution in [3.05, 3.63) is 0 Å². The second kappa shape index (κ2) is 12.4. The van der Waals surface area contributed by atoms with Crippen molar-refractivity contribution < 1.29 is 14.6 Å². The number of aliphatic hydroxyl groups excluding tert-OH is 1. The number of ether oxygens (including phenoxy) is 2. The Balaban J connectivity index is 4.00. The number of aliphatic hydroxyl groups is 1. The number of rotatable bonds is 14. The normalized spacial score (nSPS) is 14.9. The Bertz CT molecular complexity index is 232. The molecule has 2 N–H and O–H groups in total. The molecule has 5 nitrogen and oxygen atoms in total. The molecule has 0 aliphatic carbocycles. The van der Waals surface area contributed by atoms with Gasteiger partial charge in [-0.15, -0.1) is 0 Å². The molecule has 1 atom stereocenters. The SMILES string of the molecule is COCCN(CCCCC(C)(CO)NC(C)C)CCOC. The summed E-state index contributed by atoms with van der Waals surface area (Å²) in [4.78, 5) is 2.37. The fraction of sp³-hybridized carbons (Fsp3) is 1.00. The molecule has 0 saturated carbocycles. The Morgan fingerprint density at radius 1 is 1.05 bits per heavy atom. The van der Waals surface area contributed by atoms with E-state index in [-0.39, 0.29) is 12.1 Å². The van der Waals surface area contributed by atoms with Crippen LogP contribution in [0.3, 0.4) is 0 Å². The molecule has 0 amide bonds. The van der Waals surface area contributed by atoms with E-state index in [1.54, 1.807) is 14.2 Å². The van der Waals surface area contributed by atoms with Crippen LogP contribution in [0.5, 0.6) is 0 Å². The average molecular weight is 304 g/mol. The number of methoxy groups -OCH3 is 2. The van der Waals surface area contributed by atoms with Crippen molar-refractivity contribution in [1.82, 2.24) is 10.2 Å². The highest BCUT2D eigenvalue weighted by Gasteiger charge is 2.23. The van der Waals surface area contributed by atoms with E-state index in [0.29, 0.717) is 6.04 Å². The largest absolute Gasteiger partial charge is 0.394 e. The monoisotopic (exact) mass is 304 g/mol. The third kappa shape index (κ3) is 11.1. The lowest BCUT2D eigenvalue weighted by molar-refractivity contribution is 0.111. The van der Waals surface area contributed by atoms with Crippen molar-refractivity contribution in [3.8, 4) is 0 Å². The summed E-state index contributed by atoms with van der Waals surface area (Å²) < 4.78 is 10.3. The Labute approximate surface area is 131 Å².